The van der Waals surface area contributed by atoms with Gasteiger partial charge >= 0.3 is 7.32 Å². The van der Waals surface area contributed by atoms with Crippen LogP contribution in [0.4, 0.5) is 0 Å². The third-order valence-corrected chi connectivity index (χ3v) is 2.80. The largest absolute Gasteiger partial charge is 0.634 e. The lowest BCUT2D eigenvalue weighted by Gasteiger charge is -2.02. The Morgan fingerprint density at radius 2 is 1.42 bits per heavy atom. The zero-order valence-electron chi connectivity index (χ0n) is 12.6. The third kappa shape index (κ3) is 13.4. The van der Waals surface area contributed by atoms with Crippen molar-refractivity contribution in [1.29, 1.82) is 0 Å². The van der Waals surface area contributed by atoms with Crippen LogP contribution in [0.25, 0.3) is 0 Å². The minimum Gasteiger partial charge on any atom is -0.402 e. The van der Waals surface area contributed by atoms with E-state index >= 15 is 0 Å². The molecule has 0 aromatic rings. The molecule has 108 valence electrons. The molecule has 0 bridgehead atoms. The number of rotatable bonds is 9. The van der Waals surface area contributed by atoms with Crippen molar-refractivity contribution in [2.75, 3.05) is 6.61 Å². The van der Waals surface area contributed by atoms with Crippen LogP contribution in [0, 0.1) is 0 Å². The van der Waals surface area contributed by atoms with E-state index in [4.69, 9.17) is 10.0 Å². The van der Waals surface area contributed by atoms with Gasteiger partial charge in [-0.1, -0.05) is 34.9 Å². The summed E-state index contributed by atoms with van der Waals surface area (Å²) < 4.78 is 4.63. The Kier molecular flexibility index (Phi) is 10.5. The minimum absolute atomic E-state index is 0.243. The molecule has 0 aliphatic carbocycles. The Balaban J connectivity index is 3.83. The van der Waals surface area contributed by atoms with Gasteiger partial charge in [-0.15, -0.1) is 0 Å². The molecule has 0 aliphatic rings. The zero-order valence-corrected chi connectivity index (χ0v) is 12.6. The summed E-state index contributed by atoms with van der Waals surface area (Å²) in [5.41, 5.74) is 4.00. The first-order valence-electron chi connectivity index (χ1n) is 6.84. The molecule has 0 radical (unpaired) electrons. The van der Waals surface area contributed by atoms with Gasteiger partial charge in [0.25, 0.3) is 0 Å². The van der Waals surface area contributed by atoms with Crippen molar-refractivity contribution < 1.29 is 14.7 Å². The quantitative estimate of drug-likeness (QED) is 0.496. The van der Waals surface area contributed by atoms with Crippen LogP contribution in [-0.2, 0) is 4.65 Å². The van der Waals surface area contributed by atoms with Gasteiger partial charge in [0.15, 0.2) is 0 Å². The molecule has 0 amide bonds. The van der Waals surface area contributed by atoms with Crippen molar-refractivity contribution in [3.05, 3.63) is 34.9 Å². The molecule has 0 unspecified atom stereocenters. The lowest BCUT2D eigenvalue weighted by molar-refractivity contribution is 0.206. The Morgan fingerprint density at radius 1 is 0.895 bits per heavy atom. The van der Waals surface area contributed by atoms with Crippen molar-refractivity contribution in [1.82, 2.24) is 0 Å². The number of hydrogen-bond acceptors (Lipinski definition) is 3. The van der Waals surface area contributed by atoms with E-state index in [2.05, 4.69) is 37.6 Å². The van der Waals surface area contributed by atoms with Gasteiger partial charge in [-0.05, 0) is 53.4 Å². The molecule has 0 heterocycles. The summed E-state index contributed by atoms with van der Waals surface area (Å²) in [6.45, 7) is 8.69. The molecule has 0 aromatic carbocycles. The highest BCUT2D eigenvalue weighted by Gasteiger charge is 2.05. The highest BCUT2D eigenvalue weighted by Crippen LogP contribution is 2.11. The molecule has 0 fully saturated rings. The summed E-state index contributed by atoms with van der Waals surface area (Å²) in [6, 6.07) is 0. The Morgan fingerprint density at radius 3 is 1.95 bits per heavy atom. The van der Waals surface area contributed by atoms with Gasteiger partial charge in [0.2, 0.25) is 0 Å². The van der Waals surface area contributed by atoms with E-state index in [1.165, 1.54) is 16.7 Å². The molecule has 0 aliphatic heterocycles. The fraction of sp³-hybridized carbons (Fsp3) is 0.600. The van der Waals surface area contributed by atoms with E-state index in [0.29, 0.717) is 0 Å². The van der Waals surface area contributed by atoms with E-state index in [-0.39, 0.29) is 6.61 Å². The van der Waals surface area contributed by atoms with Crippen LogP contribution in [0.5, 0.6) is 0 Å². The van der Waals surface area contributed by atoms with Crippen LogP contribution in [0.15, 0.2) is 34.9 Å². The first kappa shape index (κ1) is 18.2. The van der Waals surface area contributed by atoms with Crippen molar-refractivity contribution in [3.8, 4) is 0 Å². The molecule has 0 aromatic heterocycles. The zero-order chi connectivity index (χ0) is 14.7. The maximum Gasteiger partial charge on any atom is 0.634 e. The van der Waals surface area contributed by atoms with E-state index in [0.717, 1.165) is 25.7 Å². The minimum atomic E-state index is -1.68. The molecular formula is C15H27BO3. The lowest BCUT2D eigenvalue weighted by Crippen LogP contribution is -2.16. The summed E-state index contributed by atoms with van der Waals surface area (Å²) in [4.78, 5) is 0. The molecule has 19 heavy (non-hydrogen) atoms. The average molecular weight is 266 g/mol. The topological polar surface area (TPSA) is 49.7 Å². The molecular weight excluding hydrogens is 239 g/mol. The van der Waals surface area contributed by atoms with E-state index in [9.17, 15) is 0 Å². The van der Waals surface area contributed by atoms with Gasteiger partial charge in [0, 0.05) is 0 Å². The smallest absolute Gasteiger partial charge is 0.402 e. The van der Waals surface area contributed by atoms with Gasteiger partial charge in [0.1, 0.15) is 0 Å². The predicted octanol–water partition coefficient (Wildman–Crippen LogP) is 3.39. The second-order valence-electron chi connectivity index (χ2n) is 5.12. The van der Waals surface area contributed by atoms with Gasteiger partial charge < -0.3 is 14.7 Å². The predicted molar refractivity (Wildman–Crippen MR) is 81.6 cm³/mol. The van der Waals surface area contributed by atoms with E-state index in [1.807, 2.05) is 13.0 Å². The van der Waals surface area contributed by atoms with Crippen molar-refractivity contribution in [2.45, 2.75) is 53.4 Å². The van der Waals surface area contributed by atoms with Crippen LogP contribution in [-0.4, -0.2) is 24.0 Å². The second-order valence-corrected chi connectivity index (χ2v) is 5.12. The summed E-state index contributed by atoms with van der Waals surface area (Å²) >= 11 is 0. The molecule has 0 rings (SSSR count). The van der Waals surface area contributed by atoms with Gasteiger partial charge in [-0.25, -0.2) is 0 Å². The molecule has 2 N–H and O–H groups in total. The second kappa shape index (κ2) is 11.0. The molecule has 0 saturated heterocycles. The summed E-state index contributed by atoms with van der Waals surface area (Å²) in [7, 11) is -1.68. The fourth-order valence-electron chi connectivity index (χ4n) is 1.62. The maximum atomic E-state index is 8.53. The fourth-order valence-corrected chi connectivity index (χ4v) is 1.62. The summed E-state index contributed by atoms with van der Waals surface area (Å²) in [6.07, 6.45) is 10.6. The Labute approximate surface area is 117 Å². The van der Waals surface area contributed by atoms with Crippen LogP contribution >= 0.6 is 0 Å². The summed E-state index contributed by atoms with van der Waals surface area (Å²) in [5.74, 6) is 0. The Hall–Kier alpha value is -0.835. The third-order valence-electron chi connectivity index (χ3n) is 2.80. The van der Waals surface area contributed by atoms with Gasteiger partial charge in [-0.3, -0.25) is 0 Å². The summed E-state index contributed by atoms with van der Waals surface area (Å²) in [5, 5.41) is 17.1. The van der Waals surface area contributed by atoms with Crippen molar-refractivity contribution in [3.63, 3.8) is 0 Å². The monoisotopic (exact) mass is 266 g/mol. The molecule has 4 heteroatoms. The normalized spacial score (nSPS) is 12.5. The molecule has 3 nitrogen and oxygen atoms in total. The van der Waals surface area contributed by atoms with Crippen LogP contribution in [0.2, 0.25) is 0 Å². The highest BCUT2D eigenvalue weighted by atomic mass is 16.6. The van der Waals surface area contributed by atoms with Gasteiger partial charge in [0.05, 0.1) is 6.61 Å². The maximum absolute atomic E-state index is 8.53. The van der Waals surface area contributed by atoms with Crippen LogP contribution in [0.3, 0.4) is 0 Å². The SMILES string of the molecule is CC(C)=CCCC(C)=CCCC(C)=CCOB(O)O. The molecule has 0 spiro atoms. The molecule has 0 saturated carbocycles. The number of allylic oxidation sites excluding steroid dienone is 5. The lowest BCUT2D eigenvalue weighted by atomic mass is 10.1. The molecule has 0 atom stereocenters. The highest BCUT2D eigenvalue weighted by molar-refractivity contribution is 6.32. The first-order valence-corrected chi connectivity index (χ1v) is 6.84. The van der Waals surface area contributed by atoms with Gasteiger partial charge in [-0.2, -0.15) is 0 Å². The van der Waals surface area contributed by atoms with Crippen LogP contribution in [0.1, 0.15) is 53.4 Å². The van der Waals surface area contributed by atoms with Crippen molar-refractivity contribution >= 4 is 7.32 Å². The van der Waals surface area contributed by atoms with E-state index < -0.39 is 7.32 Å². The number of hydrogen-bond donors (Lipinski definition) is 2. The Bertz CT molecular complexity index is 326. The van der Waals surface area contributed by atoms with Crippen LogP contribution < -0.4 is 0 Å². The standard InChI is InChI=1S/C15H27BO3/c1-13(2)7-5-8-14(3)9-6-10-15(4)11-12-19-16(17)18/h7,9,11,17-18H,5-6,8,10,12H2,1-4H3. The van der Waals surface area contributed by atoms with E-state index in [1.54, 1.807) is 0 Å². The van der Waals surface area contributed by atoms with Crippen molar-refractivity contribution in [2.24, 2.45) is 0 Å². The first-order chi connectivity index (χ1) is 8.91. The average Bonchev–Trinajstić information content (AvgIpc) is 2.27.